The molecule has 4 rings (SSSR count). The fraction of sp³-hybridized carbons (Fsp3) is 0.263. The van der Waals surface area contributed by atoms with Crippen LogP contribution in [-0.2, 0) is 5.41 Å². The van der Waals surface area contributed by atoms with E-state index in [9.17, 15) is 0 Å². The first-order valence-electron chi connectivity index (χ1n) is 7.90. The first kappa shape index (κ1) is 15.6. The van der Waals surface area contributed by atoms with Crippen molar-refractivity contribution in [2.24, 2.45) is 0 Å². The average molecular weight is 431 g/mol. The molecule has 2 heterocycles. The number of halogens is 1. The molecule has 0 saturated heterocycles. The second kappa shape index (κ2) is 5.58. The Hall–Kier alpha value is -1.89. The zero-order valence-electron chi connectivity index (χ0n) is 13.9. The Bertz CT molecular complexity index is 953. The zero-order chi connectivity index (χ0) is 16.9. The molecule has 5 heteroatoms. The number of hydrogen-bond donors (Lipinski definition) is 1. The van der Waals surface area contributed by atoms with Crippen LogP contribution in [0.2, 0.25) is 0 Å². The molecule has 0 radical (unpaired) electrons. The third kappa shape index (κ3) is 2.51. The molecule has 0 fully saturated rings. The summed E-state index contributed by atoms with van der Waals surface area (Å²) in [6, 6.07) is 10.4. The van der Waals surface area contributed by atoms with Gasteiger partial charge in [-0.05, 0) is 59.3 Å². The maximum absolute atomic E-state index is 5.76. The van der Waals surface area contributed by atoms with Gasteiger partial charge in [-0.15, -0.1) is 0 Å². The van der Waals surface area contributed by atoms with E-state index >= 15 is 0 Å². The summed E-state index contributed by atoms with van der Waals surface area (Å²) < 4.78 is 6.93. The maximum atomic E-state index is 5.76. The number of nitrogens with zero attached hydrogens (tertiary/aromatic N) is 2. The molecule has 1 aromatic heterocycles. The lowest BCUT2D eigenvalue weighted by Gasteiger charge is -2.16. The molecule has 24 heavy (non-hydrogen) atoms. The quantitative estimate of drug-likeness (QED) is 0.583. The third-order valence-electron chi connectivity index (χ3n) is 4.50. The zero-order valence-corrected chi connectivity index (χ0v) is 16.0. The van der Waals surface area contributed by atoms with Crippen molar-refractivity contribution in [3.05, 3.63) is 51.4 Å². The van der Waals surface area contributed by atoms with Crippen LogP contribution in [0.3, 0.4) is 0 Å². The smallest absolute Gasteiger partial charge is 0.141 e. The van der Waals surface area contributed by atoms with Gasteiger partial charge in [-0.1, -0.05) is 19.9 Å². The molecule has 0 atom stereocenters. The Morgan fingerprint density at radius 1 is 1.17 bits per heavy atom. The van der Waals surface area contributed by atoms with Crippen LogP contribution in [0.1, 0.15) is 25.0 Å². The Kier molecular flexibility index (Phi) is 3.63. The van der Waals surface area contributed by atoms with Crippen LogP contribution in [0.5, 0.6) is 5.75 Å². The highest BCUT2D eigenvalue weighted by molar-refractivity contribution is 14.1. The van der Waals surface area contributed by atoms with Gasteiger partial charge in [0.25, 0.3) is 0 Å². The van der Waals surface area contributed by atoms with Crippen molar-refractivity contribution in [1.29, 1.82) is 0 Å². The van der Waals surface area contributed by atoms with Crippen LogP contribution < -0.4 is 10.1 Å². The van der Waals surface area contributed by atoms with Crippen molar-refractivity contribution in [2.75, 3.05) is 11.9 Å². The molecule has 0 bridgehead atoms. The van der Waals surface area contributed by atoms with Crippen molar-refractivity contribution in [3.8, 4) is 5.75 Å². The number of benzene rings is 2. The molecule has 0 aliphatic carbocycles. The molecule has 0 spiro atoms. The normalized spacial score (nSPS) is 15.2. The topological polar surface area (TPSA) is 47.0 Å². The van der Waals surface area contributed by atoms with Gasteiger partial charge in [0, 0.05) is 25.6 Å². The highest BCUT2D eigenvalue weighted by Gasteiger charge is 2.31. The summed E-state index contributed by atoms with van der Waals surface area (Å²) in [5.74, 6) is 1.80. The van der Waals surface area contributed by atoms with Crippen molar-refractivity contribution in [2.45, 2.75) is 26.2 Å². The summed E-state index contributed by atoms with van der Waals surface area (Å²) in [6.45, 7) is 7.22. The number of ether oxygens (including phenoxy) is 1. The Morgan fingerprint density at radius 3 is 2.83 bits per heavy atom. The van der Waals surface area contributed by atoms with Crippen molar-refractivity contribution >= 4 is 45.0 Å². The Labute approximate surface area is 154 Å². The number of rotatable bonds is 2. The van der Waals surface area contributed by atoms with Crippen LogP contribution in [0, 0.1) is 10.5 Å². The van der Waals surface area contributed by atoms with Crippen LogP contribution in [0.4, 0.5) is 11.5 Å². The lowest BCUT2D eigenvalue weighted by Crippen LogP contribution is -2.18. The summed E-state index contributed by atoms with van der Waals surface area (Å²) in [7, 11) is 0. The summed E-state index contributed by atoms with van der Waals surface area (Å²) >= 11 is 2.34. The minimum absolute atomic E-state index is 0.0350. The van der Waals surface area contributed by atoms with Crippen molar-refractivity contribution < 1.29 is 4.74 Å². The van der Waals surface area contributed by atoms with Crippen molar-refractivity contribution in [3.63, 3.8) is 0 Å². The van der Waals surface area contributed by atoms with E-state index in [1.54, 1.807) is 6.33 Å². The van der Waals surface area contributed by atoms with E-state index in [2.05, 4.69) is 76.8 Å². The first-order valence-corrected chi connectivity index (χ1v) is 8.98. The summed E-state index contributed by atoms with van der Waals surface area (Å²) in [5, 5.41) is 4.48. The van der Waals surface area contributed by atoms with Crippen molar-refractivity contribution in [1.82, 2.24) is 9.97 Å². The van der Waals surface area contributed by atoms with Gasteiger partial charge < -0.3 is 10.1 Å². The van der Waals surface area contributed by atoms with E-state index in [4.69, 9.17) is 4.74 Å². The number of hydrogen-bond acceptors (Lipinski definition) is 4. The number of aryl methyl sites for hydroxylation is 1. The van der Waals surface area contributed by atoms with Gasteiger partial charge in [-0.2, -0.15) is 0 Å². The minimum Gasteiger partial charge on any atom is -0.492 e. The fourth-order valence-electron chi connectivity index (χ4n) is 3.03. The van der Waals surface area contributed by atoms with Crippen LogP contribution in [-0.4, -0.2) is 16.6 Å². The molecule has 3 aromatic rings. The van der Waals surface area contributed by atoms with Crippen LogP contribution in [0.15, 0.2) is 36.7 Å². The van der Waals surface area contributed by atoms with Gasteiger partial charge in [0.1, 0.15) is 17.9 Å². The molecule has 0 unspecified atom stereocenters. The highest BCUT2D eigenvalue weighted by atomic mass is 127. The van der Waals surface area contributed by atoms with Gasteiger partial charge in [0.05, 0.1) is 12.1 Å². The standard InChI is InChI=1S/C19H18IN3O/c1-11-4-6-13-17(16(11)20)21-10-22-18(13)23-12-5-7-15-14(8-12)19(2,3)9-24-15/h4-8,10H,9H2,1-3H3,(H,21,22,23). The van der Waals surface area contributed by atoms with Gasteiger partial charge in [0.15, 0.2) is 0 Å². The number of anilines is 2. The second-order valence-corrected chi connectivity index (χ2v) is 7.90. The molecule has 1 N–H and O–H groups in total. The molecule has 0 saturated carbocycles. The predicted molar refractivity (Wildman–Crippen MR) is 105 cm³/mol. The monoisotopic (exact) mass is 431 g/mol. The van der Waals surface area contributed by atoms with Crippen LogP contribution in [0.25, 0.3) is 10.9 Å². The molecular formula is C19H18IN3O. The SMILES string of the molecule is Cc1ccc2c(Nc3ccc4c(c3)C(C)(C)CO4)ncnc2c1I. The molecule has 1 aliphatic rings. The molecule has 2 aromatic carbocycles. The van der Waals surface area contributed by atoms with E-state index in [0.29, 0.717) is 0 Å². The predicted octanol–water partition coefficient (Wildman–Crippen LogP) is 4.96. The van der Waals surface area contributed by atoms with E-state index in [-0.39, 0.29) is 5.41 Å². The molecule has 122 valence electrons. The highest BCUT2D eigenvalue weighted by Crippen LogP contribution is 2.40. The summed E-state index contributed by atoms with van der Waals surface area (Å²) in [6.07, 6.45) is 1.62. The second-order valence-electron chi connectivity index (χ2n) is 6.82. The van der Waals surface area contributed by atoms with Crippen LogP contribution >= 0.6 is 22.6 Å². The number of aromatic nitrogens is 2. The fourth-order valence-corrected chi connectivity index (χ4v) is 3.64. The van der Waals surface area contributed by atoms with Gasteiger partial charge >= 0.3 is 0 Å². The van der Waals surface area contributed by atoms with Gasteiger partial charge in [-0.3, -0.25) is 0 Å². The van der Waals surface area contributed by atoms with E-state index in [1.165, 1.54) is 14.7 Å². The number of nitrogens with one attached hydrogen (secondary N) is 1. The third-order valence-corrected chi connectivity index (χ3v) is 5.86. The Balaban J connectivity index is 1.77. The number of fused-ring (bicyclic) bond motifs is 2. The minimum atomic E-state index is 0.0350. The lowest BCUT2D eigenvalue weighted by atomic mass is 9.87. The molecular weight excluding hydrogens is 413 g/mol. The van der Waals surface area contributed by atoms with E-state index in [0.717, 1.165) is 34.8 Å². The largest absolute Gasteiger partial charge is 0.492 e. The molecule has 4 nitrogen and oxygen atoms in total. The van der Waals surface area contributed by atoms with E-state index < -0.39 is 0 Å². The van der Waals surface area contributed by atoms with Gasteiger partial charge in [0.2, 0.25) is 0 Å². The summed E-state index contributed by atoms with van der Waals surface area (Å²) in [4.78, 5) is 8.89. The first-order chi connectivity index (χ1) is 11.5. The lowest BCUT2D eigenvalue weighted by molar-refractivity contribution is 0.291. The summed E-state index contributed by atoms with van der Waals surface area (Å²) in [5.41, 5.74) is 4.49. The van der Waals surface area contributed by atoms with Gasteiger partial charge in [-0.25, -0.2) is 9.97 Å². The van der Waals surface area contributed by atoms with E-state index in [1.807, 2.05) is 12.1 Å². The average Bonchev–Trinajstić information content (AvgIpc) is 2.87. The molecule has 1 aliphatic heterocycles. The molecule has 0 amide bonds. The maximum Gasteiger partial charge on any atom is 0.141 e. The Morgan fingerprint density at radius 2 is 2.00 bits per heavy atom.